The zero-order valence-electron chi connectivity index (χ0n) is 9.21. The molecule has 4 N–H and O–H groups in total. The van der Waals surface area contributed by atoms with Crippen LogP contribution in [0.3, 0.4) is 0 Å². The van der Waals surface area contributed by atoms with Gasteiger partial charge in [0, 0.05) is 20.0 Å². The van der Waals surface area contributed by atoms with E-state index in [-0.39, 0.29) is 17.6 Å². The smallest absolute Gasteiger partial charge is 0.313 e. The van der Waals surface area contributed by atoms with Crippen molar-refractivity contribution in [1.29, 1.82) is 0 Å². The van der Waals surface area contributed by atoms with Crippen LogP contribution in [0.4, 0.5) is 5.95 Å². The van der Waals surface area contributed by atoms with Crippen molar-refractivity contribution in [3.8, 4) is 0 Å². The maximum Gasteiger partial charge on any atom is 0.313 e. The number of nitrogens with two attached hydrogens (primary N) is 1. The first-order valence-corrected chi connectivity index (χ1v) is 5.77. The van der Waals surface area contributed by atoms with E-state index in [2.05, 4.69) is 15.5 Å². The van der Waals surface area contributed by atoms with Crippen molar-refractivity contribution < 1.29 is 14.7 Å². The lowest BCUT2D eigenvalue weighted by Crippen LogP contribution is -2.25. The number of rotatable bonds is 6. The number of anilines is 1. The highest BCUT2D eigenvalue weighted by Crippen LogP contribution is 2.17. The Balaban J connectivity index is 2.59. The molecular formula is C8H13N5O3S. The molecule has 0 unspecified atom stereocenters. The molecule has 0 saturated carbocycles. The van der Waals surface area contributed by atoms with Gasteiger partial charge in [0.1, 0.15) is 0 Å². The predicted octanol–water partition coefficient (Wildman–Crippen LogP) is -0.827. The van der Waals surface area contributed by atoms with Crippen molar-refractivity contribution in [3.63, 3.8) is 0 Å². The number of hydrogen-bond acceptors (Lipinski definition) is 6. The number of carboxylic acids is 1. The lowest BCUT2D eigenvalue weighted by Gasteiger charge is -2.07. The van der Waals surface area contributed by atoms with Gasteiger partial charge in [0.2, 0.25) is 11.9 Å². The standard InChI is InChI=1S/C8H13N5O3S/c1-5(14)10-2-3-13-7(9)11-12-8(13)17-4-6(15)16/h2-4H2,1H3,(H2,9,11)(H,10,14)(H,15,16). The minimum Gasteiger partial charge on any atom is -0.481 e. The second-order valence-corrected chi connectivity index (χ2v) is 4.10. The normalized spacial score (nSPS) is 10.2. The van der Waals surface area contributed by atoms with Crippen LogP contribution in [0.1, 0.15) is 6.92 Å². The Bertz CT molecular complexity index is 419. The highest BCUT2D eigenvalue weighted by molar-refractivity contribution is 7.99. The number of carbonyl (C=O) groups excluding carboxylic acids is 1. The zero-order valence-corrected chi connectivity index (χ0v) is 10.0. The summed E-state index contributed by atoms with van der Waals surface area (Å²) in [4.78, 5) is 21.1. The number of aliphatic carboxylic acids is 1. The number of hydrogen-bond donors (Lipinski definition) is 3. The number of amides is 1. The molecule has 1 aromatic rings. The largest absolute Gasteiger partial charge is 0.481 e. The average Bonchev–Trinajstić information content (AvgIpc) is 2.57. The summed E-state index contributed by atoms with van der Waals surface area (Å²) in [5.41, 5.74) is 5.58. The van der Waals surface area contributed by atoms with Crippen molar-refractivity contribution in [2.45, 2.75) is 18.6 Å². The quantitative estimate of drug-likeness (QED) is 0.570. The minimum absolute atomic E-state index is 0.113. The maximum atomic E-state index is 10.7. The van der Waals surface area contributed by atoms with Crippen LogP contribution < -0.4 is 11.1 Å². The molecular weight excluding hydrogens is 246 g/mol. The summed E-state index contributed by atoms with van der Waals surface area (Å²) in [6.07, 6.45) is 0. The molecule has 8 nitrogen and oxygen atoms in total. The van der Waals surface area contributed by atoms with E-state index in [9.17, 15) is 9.59 Å². The van der Waals surface area contributed by atoms with Gasteiger partial charge in [0.25, 0.3) is 0 Å². The van der Waals surface area contributed by atoms with Crippen molar-refractivity contribution >= 4 is 29.6 Å². The number of nitrogens with one attached hydrogen (secondary N) is 1. The molecule has 0 aliphatic carbocycles. The van der Waals surface area contributed by atoms with Gasteiger partial charge in [-0.3, -0.25) is 14.2 Å². The van der Waals surface area contributed by atoms with Gasteiger partial charge >= 0.3 is 5.97 Å². The fourth-order valence-corrected chi connectivity index (χ4v) is 1.78. The van der Waals surface area contributed by atoms with E-state index in [0.29, 0.717) is 18.2 Å². The molecule has 9 heteroatoms. The number of nitrogen functional groups attached to an aromatic ring is 1. The van der Waals surface area contributed by atoms with Gasteiger partial charge in [-0.2, -0.15) is 0 Å². The van der Waals surface area contributed by atoms with E-state index < -0.39 is 5.97 Å². The van der Waals surface area contributed by atoms with Gasteiger partial charge in [0.05, 0.1) is 5.75 Å². The van der Waals surface area contributed by atoms with Crippen molar-refractivity contribution in [2.75, 3.05) is 18.0 Å². The van der Waals surface area contributed by atoms with E-state index in [0.717, 1.165) is 11.8 Å². The van der Waals surface area contributed by atoms with Gasteiger partial charge in [-0.05, 0) is 0 Å². The lowest BCUT2D eigenvalue weighted by atomic mass is 10.5. The molecule has 0 aromatic carbocycles. The van der Waals surface area contributed by atoms with Gasteiger partial charge in [0.15, 0.2) is 5.16 Å². The van der Waals surface area contributed by atoms with Crippen LogP contribution in [-0.4, -0.2) is 44.0 Å². The lowest BCUT2D eigenvalue weighted by molar-refractivity contribution is -0.133. The van der Waals surface area contributed by atoms with Crippen molar-refractivity contribution in [3.05, 3.63) is 0 Å². The van der Waals surface area contributed by atoms with E-state index in [1.807, 2.05) is 0 Å². The molecule has 0 aliphatic heterocycles. The van der Waals surface area contributed by atoms with Crippen LogP contribution in [0.25, 0.3) is 0 Å². The molecule has 94 valence electrons. The third-order valence-electron chi connectivity index (χ3n) is 1.78. The molecule has 0 bridgehead atoms. The zero-order chi connectivity index (χ0) is 12.8. The summed E-state index contributed by atoms with van der Waals surface area (Å²) >= 11 is 1.03. The van der Waals surface area contributed by atoms with E-state index in [4.69, 9.17) is 10.8 Å². The molecule has 1 heterocycles. The Morgan fingerprint density at radius 3 is 2.82 bits per heavy atom. The van der Waals surface area contributed by atoms with Crippen LogP contribution in [-0.2, 0) is 16.1 Å². The summed E-state index contributed by atoms with van der Waals surface area (Å²) in [5, 5.41) is 19.0. The molecule has 0 fully saturated rings. The second kappa shape index (κ2) is 6.09. The molecule has 0 atom stereocenters. The molecule has 0 aliphatic rings. The molecule has 1 rings (SSSR count). The molecule has 0 spiro atoms. The SMILES string of the molecule is CC(=O)NCCn1c(N)nnc1SCC(=O)O. The monoisotopic (exact) mass is 259 g/mol. The minimum atomic E-state index is -0.940. The van der Waals surface area contributed by atoms with E-state index in [1.165, 1.54) is 6.92 Å². The summed E-state index contributed by atoms with van der Waals surface area (Å²) < 4.78 is 1.56. The van der Waals surface area contributed by atoms with Crippen LogP contribution in [0.2, 0.25) is 0 Å². The maximum absolute atomic E-state index is 10.7. The molecule has 1 amide bonds. The van der Waals surface area contributed by atoms with Gasteiger partial charge in [-0.1, -0.05) is 11.8 Å². The summed E-state index contributed by atoms with van der Waals surface area (Å²) in [7, 11) is 0. The van der Waals surface area contributed by atoms with Gasteiger partial charge in [-0.15, -0.1) is 10.2 Å². The number of nitrogens with zero attached hydrogens (tertiary/aromatic N) is 3. The molecule has 0 saturated heterocycles. The van der Waals surface area contributed by atoms with Crippen LogP contribution >= 0.6 is 11.8 Å². The van der Waals surface area contributed by atoms with Gasteiger partial charge in [-0.25, -0.2) is 0 Å². The second-order valence-electron chi connectivity index (χ2n) is 3.16. The molecule has 17 heavy (non-hydrogen) atoms. The third-order valence-corrected chi connectivity index (χ3v) is 2.73. The average molecular weight is 259 g/mol. The Morgan fingerprint density at radius 1 is 1.53 bits per heavy atom. The summed E-state index contributed by atoms with van der Waals surface area (Å²) in [6, 6.07) is 0. The Kier molecular flexibility index (Phi) is 4.76. The fourth-order valence-electron chi connectivity index (χ4n) is 1.09. The number of thioether (sulfide) groups is 1. The van der Waals surface area contributed by atoms with E-state index >= 15 is 0 Å². The highest BCUT2D eigenvalue weighted by atomic mass is 32.2. The van der Waals surface area contributed by atoms with Crippen LogP contribution in [0, 0.1) is 0 Å². The Morgan fingerprint density at radius 2 is 2.24 bits per heavy atom. The Labute approximate surface area is 102 Å². The Hall–Kier alpha value is -1.77. The van der Waals surface area contributed by atoms with Crippen LogP contribution in [0.5, 0.6) is 0 Å². The number of carboxylic acid groups (broad SMARTS) is 1. The fraction of sp³-hybridized carbons (Fsp3) is 0.500. The van der Waals surface area contributed by atoms with Crippen LogP contribution in [0.15, 0.2) is 5.16 Å². The summed E-state index contributed by atoms with van der Waals surface area (Å²) in [5.74, 6) is -0.997. The first kappa shape index (κ1) is 13.3. The summed E-state index contributed by atoms with van der Waals surface area (Å²) in [6.45, 7) is 2.20. The molecule has 1 aromatic heterocycles. The number of carbonyl (C=O) groups is 2. The first-order chi connectivity index (χ1) is 8.00. The van der Waals surface area contributed by atoms with E-state index in [1.54, 1.807) is 4.57 Å². The third kappa shape index (κ3) is 4.31. The van der Waals surface area contributed by atoms with Crippen molar-refractivity contribution in [1.82, 2.24) is 20.1 Å². The van der Waals surface area contributed by atoms with Gasteiger partial charge < -0.3 is 16.2 Å². The number of aromatic nitrogens is 3. The first-order valence-electron chi connectivity index (χ1n) is 4.78. The molecule has 0 radical (unpaired) electrons. The topological polar surface area (TPSA) is 123 Å². The highest BCUT2D eigenvalue weighted by Gasteiger charge is 2.11. The van der Waals surface area contributed by atoms with Crippen molar-refractivity contribution in [2.24, 2.45) is 0 Å². The predicted molar refractivity (Wildman–Crippen MR) is 61.5 cm³/mol.